The van der Waals surface area contributed by atoms with Crippen LogP contribution in [0.5, 0.6) is 0 Å². The van der Waals surface area contributed by atoms with Gasteiger partial charge in [0.1, 0.15) is 5.82 Å². The van der Waals surface area contributed by atoms with Crippen molar-refractivity contribution in [2.24, 2.45) is 0 Å². The molecule has 0 aliphatic heterocycles. The summed E-state index contributed by atoms with van der Waals surface area (Å²) in [6.07, 6.45) is 0. The van der Waals surface area contributed by atoms with Crippen LogP contribution in [0.1, 0.15) is 10.5 Å². The van der Waals surface area contributed by atoms with Crippen LogP contribution in [0.3, 0.4) is 0 Å². The molecule has 5 nitrogen and oxygen atoms in total. The van der Waals surface area contributed by atoms with Crippen LogP contribution in [0, 0.1) is 5.82 Å². The Bertz CT molecular complexity index is 629. The Morgan fingerprint density at radius 2 is 2.11 bits per heavy atom. The van der Waals surface area contributed by atoms with Gasteiger partial charge in [-0.3, -0.25) is 0 Å². The van der Waals surface area contributed by atoms with Crippen LogP contribution in [0.25, 0.3) is 0 Å². The molecule has 0 atom stereocenters. The number of benzene rings is 1. The lowest BCUT2D eigenvalue weighted by atomic mass is 10.2. The average molecular weight is 282 g/mol. The van der Waals surface area contributed by atoms with E-state index in [0.29, 0.717) is 0 Å². The first-order valence-corrected chi connectivity index (χ1v) is 5.57. The van der Waals surface area contributed by atoms with E-state index in [1.165, 1.54) is 30.3 Å². The molecule has 0 aliphatic rings. The van der Waals surface area contributed by atoms with Crippen molar-refractivity contribution >= 4 is 34.8 Å². The molecule has 4 N–H and O–H groups in total. The Kier molecular flexibility index (Phi) is 3.52. The van der Waals surface area contributed by atoms with Gasteiger partial charge in [-0.05, 0) is 24.3 Å². The average Bonchev–Trinajstić information content (AvgIpc) is 2.35. The highest BCUT2D eigenvalue weighted by molar-refractivity contribution is 6.33. The Morgan fingerprint density at radius 1 is 1.37 bits per heavy atom. The van der Waals surface area contributed by atoms with Gasteiger partial charge in [-0.25, -0.2) is 14.2 Å². The third-order valence-electron chi connectivity index (χ3n) is 2.35. The number of carbonyl (C=O) groups is 1. The molecule has 2 aromatic rings. The molecule has 0 unspecified atom stereocenters. The van der Waals surface area contributed by atoms with Gasteiger partial charge in [0.15, 0.2) is 11.5 Å². The molecule has 0 bridgehead atoms. The van der Waals surface area contributed by atoms with Crippen LogP contribution in [0.2, 0.25) is 5.02 Å². The highest BCUT2D eigenvalue weighted by atomic mass is 35.5. The number of nitrogens with zero attached hydrogens (tertiary/aromatic N) is 1. The van der Waals surface area contributed by atoms with Crippen LogP contribution in [-0.2, 0) is 0 Å². The highest BCUT2D eigenvalue weighted by Crippen LogP contribution is 2.29. The Morgan fingerprint density at radius 3 is 2.74 bits per heavy atom. The van der Waals surface area contributed by atoms with Gasteiger partial charge in [-0.2, -0.15) is 0 Å². The van der Waals surface area contributed by atoms with Crippen molar-refractivity contribution in [1.82, 2.24) is 4.98 Å². The fourth-order valence-electron chi connectivity index (χ4n) is 1.42. The van der Waals surface area contributed by atoms with E-state index in [1.54, 1.807) is 0 Å². The van der Waals surface area contributed by atoms with Gasteiger partial charge in [0.2, 0.25) is 0 Å². The largest absolute Gasteiger partial charge is 0.477 e. The number of nitrogens with one attached hydrogen (secondary N) is 1. The molecule has 0 saturated carbocycles. The van der Waals surface area contributed by atoms with Gasteiger partial charge >= 0.3 is 5.97 Å². The van der Waals surface area contributed by atoms with Crippen LogP contribution in [-0.4, -0.2) is 16.1 Å². The van der Waals surface area contributed by atoms with Crippen LogP contribution < -0.4 is 11.1 Å². The van der Waals surface area contributed by atoms with Crippen molar-refractivity contribution in [2.75, 3.05) is 11.1 Å². The quantitative estimate of drug-likeness (QED) is 0.805. The highest BCUT2D eigenvalue weighted by Gasteiger charge is 2.12. The van der Waals surface area contributed by atoms with E-state index < -0.39 is 11.8 Å². The molecular formula is C12H9ClFN3O2. The van der Waals surface area contributed by atoms with Crippen LogP contribution in [0.15, 0.2) is 30.3 Å². The van der Waals surface area contributed by atoms with E-state index in [-0.39, 0.29) is 27.9 Å². The maximum Gasteiger partial charge on any atom is 0.354 e. The number of hydrogen-bond donors (Lipinski definition) is 3. The number of aromatic nitrogens is 1. The number of carboxylic acid groups (broad SMARTS) is 1. The maximum absolute atomic E-state index is 13.6. The molecule has 0 amide bonds. The number of aromatic carboxylic acids is 1. The number of nitrogen functional groups attached to an aromatic ring is 1. The second-order valence-corrected chi connectivity index (χ2v) is 4.07. The summed E-state index contributed by atoms with van der Waals surface area (Å²) in [6, 6.07) is 6.78. The smallest absolute Gasteiger partial charge is 0.354 e. The molecule has 98 valence electrons. The summed E-state index contributed by atoms with van der Waals surface area (Å²) in [7, 11) is 0. The lowest BCUT2D eigenvalue weighted by molar-refractivity contribution is 0.0690. The zero-order chi connectivity index (χ0) is 14.0. The summed E-state index contributed by atoms with van der Waals surface area (Å²) in [5, 5.41) is 11.6. The van der Waals surface area contributed by atoms with Gasteiger partial charge in [0.05, 0.1) is 16.4 Å². The molecule has 0 saturated heterocycles. The first-order chi connectivity index (χ1) is 8.99. The monoisotopic (exact) mass is 281 g/mol. The molecule has 0 spiro atoms. The van der Waals surface area contributed by atoms with Crippen molar-refractivity contribution in [3.8, 4) is 0 Å². The second kappa shape index (κ2) is 5.11. The molecule has 2 rings (SSSR count). The standard InChI is InChI=1S/C12H9ClFN3O2/c13-6-2-1-3-7(14)10(6)17-11-8(15)4-5-9(16-11)12(18)19/h1-5H,15H2,(H,16,17)(H,18,19). The summed E-state index contributed by atoms with van der Waals surface area (Å²) in [4.78, 5) is 14.6. The molecular weight excluding hydrogens is 273 g/mol. The lowest BCUT2D eigenvalue weighted by Gasteiger charge is -2.11. The van der Waals surface area contributed by atoms with E-state index in [2.05, 4.69) is 10.3 Å². The number of halogens is 2. The molecule has 0 radical (unpaired) electrons. The summed E-state index contributed by atoms with van der Waals surface area (Å²) < 4.78 is 13.6. The van der Waals surface area contributed by atoms with Gasteiger partial charge in [0, 0.05) is 0 Å². The maximum atomic E-state index is 13.6. The molecule has 0 fully saturated rings. The Labute approximate surface area is 112 Å². The zero-order valence-electron chi connectivity index (χ0n) is 9.52. The number of pyridine rings is 1. The zero-order valence-corrected chi connectivity index (χ0v) is 10.3. The second-order valence-electron chi connectivity index (χ2n) is 3.66. The minimum Gasteiger partial charge on any atom is -0.477 e. The van der Waals surface area contributed by atoms with Crippen LogP contribution in [0.4, 0.5) is 21.6 Å². The SMILES string of the molecule is Nc1ccc(C(=O)O)nc1Nc1c(F)cccc1Cl. The van der Waals surface area contributed by atoms with Crippen molar-refractivity contribution in [1.29, 1.82) is 0 Å². The topological polar surface area (TPSA) is 88.2 Å². The van der Waals surface area contributed by atoms with E-state index in [0.717, 1.165) is 0 Å². The molecule has 7 heteroatoms. The first kappa shape index (κ1) is 13.1. The Balaban J connectivity index is 2.43. The van der Waals surface area contributed by atoms with Gasteiger partial charge in [-0.15, -0.1) is 0 Å². The number of carboxylic acids is 1. The molecule has 1 aromatic heterocycles. The normalized spacial score (nSPS) is 10.2. The third-order valence-corrected chi connectivity index (χ3v) is 2.67. The summed E-state index contributed by atoms with van der Waals surface area (Å²) in [5.74, 6) is -1.76. The summed E-state index contributed by atoms with van der Waals surface area (Å²) in [6.45, 7) is 0. The fraction of sp³-hybridized carbons (Fsp3) is 0. The van der Waals surface area contributed by atoms with Crippen molar-refractivity contribution in [2.45, 2.75) is 0 Å². The van der Waals surface area contributed by atoms with Crippen molar-refractivity contribution in [3.63, 3.8) is 0 Å². The van der Waals surface area contributed by atoms with Gasteiger partial charge in [0.25, 0.3) is 0 Å². The predicted octanol–water partition coefficient (Wildman–Crippen LogP) is 2.90. The van der Waals surface area contributed by atoms with E-state index in [1.807, 2.05) is 0 Å². The number of nitrogens with two attached hydrogens (primary N) is 1. The number of rotatable bonds is 3. The van der Waals surface area contributed by atoms with E-state index in [9.17, 15) is 9.18 Å². The summed E-state index contributed by atoms with van der Waals surface area (Å²) >= 11 is 5.85. The minimum absolute atomic E-state index is 0.00842. The molecule has 19 heavy (non-hydrogen) atoms. The number of para-hydroxylation sites is 1. The van der Waals surface area contributed by atoms with Gasteiger partial charge in [-0.1, -0.05) is 17.7 Å². The Hall–Kier alpha value is -2.34. The number of anilines is 3. The van der Waals surface area contributed by atoms with Gasteiger partial charge < -0.3 is 16.2 Å². The molecule has 0 aliphatic carbocycles. The predicted molar refractivity (Wildman–Crippen MR) is 70.3 cm³/mol. The molecule has 1 heterocycles. The summed E-state index contributed by atoms with van der Waals surface area (Å²) in [5.41, 5.74) is 5.63. The van der Waals surface area contributed by atoms with Crippen molar-refractivity contribution in [3.05, 3.63) is 46.9 Å². The van der Waals surface area contributed by atoms with Crippen molar-refractivity contribution < 1.29 is 14.3 Å². The first-order valence-electron chi connectivity index (χ1n) is 5.20. The van der Waals surface area contributed by atoms with E-state index in [4.69, 9.17) is 22.4 Å². The third kappa shape index (κ3) is 2.74. The van der Waals surface area contributed by atoms with E-state index >= 15 is 0 Å². The molecule has 1 aromatic carbocycles. The van der Waals surface area contributed by atoms with Crippen LogP contribution >= 0.6 is 11.6 Å². The fourth-order valence-corrected chi connectivity index (χ4v) is 1.64. The minimum atomic E-state index is -1.21. The number of hydrogen-bond acceptors (Lipinski definition) is 4. The lowest BCUT2D eigenvalue weighted by Crippen LogP contribution is -2.06.